The Balaban J connectivity index is 4.36. The fraction of sp³-hybridized carbons (Fsp3) is 0.632. The summed E-state index contributed by atoms with van der Waals surface area (Å²) in [6.07, 6.45) is 0. The molecule has 0 aromatic heterocycles. The molecule has 0 amide bonds. The first kappa shape index (κ1) is 20.7. The van der Waals surface area contributed by atoms with Gasteiger partial charge in [0.1, 0.15) is 10.1 Å². The first-order chi connectivity index (χ1) is 10.4. The lowest BCUT2D eigenvalue weighted by Crippen LogP contribution is -2.28. The maximum absolute atomic E-state index is 12.1. The second kappa shape index (κ2) is 5.86. The van der Waals surface area contributed by atoms with Crippen LogP contribution in [0.2, 0.25) is 0 Å². The first-order valence-electron chi connectivity index (χ1n) is 8.01. The standard InChI is InChI=1S/C19H29NO3S/c1-17(2,3)13-10-14(18(4,5)6)16(24(21,22)23)15(12(13)11-20)19(7,8)9/h10H,1-9H3,(H,21,22,23)/p-1. The van der Waals surface area contributed by atoms with Crippen molar-refractivity contribution in [3.63, 3.8) is 0 Å². The van der Waals surface area contributed by atoms with Crippen LogP contribution in [0.4, 0.5) is 0 Å². The Hall–Kier alpha value is -1.38. The van der Waals surface area contributed by atoms with Crippen molar-refractivity contribution in [3.8, 4) is 6.07 Å². The van der Waals surface area contributed by atoms with Crippen molar-refractivity contribution in [1.82, 2.24) is 0 Å². The molecule has 0 radical (unpaired) electrons. The van der Waals surface area contributed by atoms with E-state index >= 15 is 0 Å². The van der Waals surface area contributed by atoms with Crippen LogP contribution in [-0.2, 0) is 26.4 Å². The molecule has 1 aromatic rings. The third-order valence-corrected chi connectivity index (χ3v) is 4.93. The van der Waals surface area contributed by atoms with Crippen LogP contribution >= 0.6 is 0 Å². The van der Waals surface area contributed by atoms with E-state index in [4.69, 9.17) is 0 Å². The molecule has 0 saturated carbocycles. The van der Waals surface area contributed by atoms with E-state index in [1.165, 1.54) is 0 Å². The topological polar surface area (TPSA) is 81.0 Å². The van der Waals surface area contributed by atoms with E-state index < -0.39 is 20.9 Å². The Morgan fingerprint density at radius 2 is 1.29 bits per heavy atom. The van der Waals surface area contributed by atoms with Crippen LogP contribution in [0.1, 0.15) is 84.6 Å². The van der Waals surface area contributed by atoms with Crippen LogP contribution in [-0.4, -0.2) is 13.0 Å². The monoisotopic (exact) mass is 350 g/mol. The molecule has 4 nitrogen and oxygen atoms in total. The molecule has 0 saturated heterocycles. The molecule has 0 N–H and O–H groups in total. The molecule has 24 heavy (non-hydrogen) atoms. The summed E-state index contributed by atoms with van der Waals surface area (Å²) < 4.78 is 36.4. The van der Waals surface area contributed by atoms with Gasteiger partial charge in [-0.05, 0) is 32.9 Å². The quantitative estimate of drug-likeness (QED) is 0.705. The van der Waals surface area contributed by atoms with E-state index in [0.717, 1.165) is 5.56 Å². The predicted molar refractivity (Wildman–Crippen MR) is 95.2 cm³/mol. The number of rotatable bonds is 1. The number of benzene rings is 1. The summed E-state index contributed by atoms with van der Waals surface area (Å²) >= 11 is 0. The van der Waals surface area contributed by atoms with E-state index in [1.807, 2.05) is 62.3 Å². The van der Waals surface area contributed by atoms with E-state index in [9.17, 15) is 18.2 Å². The van der Waals surface area contributed by atoms with Gasteiger partial charge < -0.3 is 4.55 Å². The zero-order valence-corrected chi connectivity index (χ0v) is 17.0. The summed E-state index contributed by atoms with van der Waals surface area (Å²) in [5.74, 6) is 0. The van der Waals surface area contributed by atoms with Gasteiger partial charge in [-0.3, -0.25) is 0 Å². The summed E-state index contributed by atoms with van der Waals surface area (Å²) in [4.78, 5) is -0.230. The molecule has 0 spiro atoms. The SMILES string of the molecule is CC(C)(C)c1cc(C(C)(C)C)c(S(=O)(=O)[O-])c(C(C)(C)C)c1C#N. The van der Waals surface area contributed by atoms with Gasteiger partial charge in [0.25, 0.3) is 0 Å². The van der Waals surface area contributed by atoms with E-state index in [2.05, 4.69) is 6.07 Å². The lowest BCUT2D eigenvalue weighted by Gasteiger charge is -2.35. The molecule has 1 aromatic carbocycles. The molecular weight excluding hydrogens is 322 g/mol. The predicted octanol–water partition coefficient (Wildman–Crippen LogP) is 4.35. The third kappa shape index (κ3) is 3.99. The normalized spacial score (nSPS) is 13.7. The molecule has 0 aliphatic rings. The van der Waals surface area contributed by atoms with Crippen LogP contribution in [0.25, 0.3) is 0 Å². The van der Waals surface area contributed by atoms with Crippen molar-refractivity contribution in [2.24, 2.45) is 0 Å². The molecule has 5 heteroatoms. The maximum atomic E-state index is 12.1. The molecular formula is C19H28NO3S-. The molecule has 0 unspecified atom stereocenters. The highest BCUT2D eigenvalue weighted by atomic mass is 32.2. The average molecular weight is 351 g/mol. The zero-order chi connectivity index (χ0) is 19.3. The Labute approximate surface area is 146 Å². The molecule has 0 fully saturated rings. The lowest BCUT2D eigenvalue weighted by molar-refractivity contribution is 0.448. The van der Waals surface area contributed by atoms with Crippen molar-refractivity contribution in [2.75, 3.05) is 0 Å². The van der Waals surface area contributed by atoms with Crippen molar-refractivity contribution >= 4 is 10.1 Å². The third-order valence-electron chi connectivity index (χ3n) is 4.01. The van der Waals surface area contributed by atoms with Gasteiger partial charge in [0.05, 0.1) is 16.5 Å². The Kier molecular flexibility index (Phi) is 5.04. The van der Waals surface area contributed by atoms with Gasteiger partial charge in [-0.25, -0.2) is 8.42 Å². The number of hydrogen-bond donors (Lipinski definition) is 0. The van der Waals surface area contributed by atoms with Gasteiger partial charge in [-0.2, -0.15) is 5.26 Å². The maximum Gasteiger partial charge on any atom is 0.125 e. The number of nitrogens with zero attached hydrogens (tertiary/aromatic N) is 1. The Morgan fingerprint density at radius 1 is 0.875 bits per heavy atom. The molecule has 0 bridgehead atoms. The minimum Gasteiger partial charge on any atom is -0.744 e. The van der Waals surface area contributed by atoms with Gasteiger partial charge >= 0.3 is 0 Å². The molecule has 0 atom stereocenters. The van der Waals surface area contributed by atoms with Gasteiger partial charge in [-0.1, -0.05) is 68.4 Å². The summed E-state index contributed by atoms with van der Waals surface area (Å²) in [5.41, 5.74) is 0.337. The second-order valence-electron chi connectivity index (χ2n) is 9.37. The van der Waals surface area contributed by atoms with Crippen LogP contribution in [0.3, 0.4) is 0 Å². The number of nitriles is 1. The van der Waals surface area contributed by atoms with Gasteiger partial charge in [0.15, 0.2) is 0 Å². The van der Waals surface area contributed by atoms with Crippen LogP contribution < -0.4 is 0 Å². The van der Waals surface area contributed by atoms with Crippen LogP contribution in [0, 0.1) is 11.3 Å². The average Bonchev–Trinajstić information content (AvgIpc) is 2.31. The van der Waals surface area contributed by atoms with Crippen molar-refractivity contribution in [1.29, 1.82) is 5.26 Å². The highest BCUT2D eigenvalue weighted by Gasteiger charge is 2.35. The lowest BCUT2D eigenvalue weighted by atomic mass is 9.72. The second-order valence-corrected chi connectivity index (χ2v) is 10.7. The minimum atomic E-state index is -4.73. The summed E-state index contributed by atoms with van der Waals surface area (Å²) in [6, 6.07) is 3.90. The highest BCUT2D eigenvalue weighted by Crippen LogP contribution is 2.43. The van der Waals surface area contributed by atoms with Gasteiger partial charge in [-0.15, -0.1) is 0 Å². The van der Waals surface area contributed by atoms with Gasteiger partial charge in [0.2, 0.25) is 0 Å². The molecule has 0 aliphatic carbocycles. The minimum absolute atomic E-state index is 0.230. The molecule has 0 aliphatic heterocycles. The molecule has 0 heterocycles. The Morgan fingerprint density at radius 3 is 1.54 bits per heavy atom. The Bertz CT molecular complexity index is 793. The van der Waals surface area contributed by atoms with E-state index in [0.29, 0.717) is 16.7 Å². The number of hydrogen-bond acceptors (Lipinski definition) is 4. The molecule has 134 valence electrons. The van der Waals surface area contributed by atoms with Crippen molar-refractivity contribution in [3.05, 3.63) is 28.3 Å². The largest absolute Gasteiger partial charge is 0.744 e. The van der Waals surface area contributed by atoms with E-state index in [1.54, 1.807) is 6.07 Å². The fourth-order valence-electron chi connectivity index (χ4n) is 2.90. The molecule has 1 rings (SSSR count). The van der Waals surface area contributed by atoms with E-state index in [-0.39, 0.29) is 10.3 Å². The first-order valence-corrected chi connectivity index (χ1v) is 9.41. The van der Waals surface area contributed by atoms with Crippen molar-refractivity contribution in [2.45, 2.75) is 83.5 Å². The summed E-state index contributed by atoms with van der Waals surface area (Å²) in [7, 11) is -4.73. The van der Waals surface area contributed by atoms with Crippen molar-refractivity contribution < 1.29 is 13.0 Å². The highest BCUT2D eigenvalue weighted by molar-refractivity contribution is 7.85. The summed E-state index contributed by atoms with van der Waals surface area (Å²) in [6.45, 7) is 17.1. The summed E-state index contributed by atoms with van der Waals surface area (Å²) in [5, 5.41) is 9.76. The zero-order valence-electron chi connectivity index (χ0n) is 16.2. The van der Waals surface area contributed by atoms with Gasteiger partial charge in [0, 0.05) is 0 Å². The van der Waals surface area contributed by atoms with Crippen LogP contribution in [0.15, 0.2) is 11.0 Å². The van der Waals surface area contributed by atoms with Crippen LogP contribution in [0.5, 0.6) is 0 Å². The smallest absolute Gasteiger partial charge is 0.125 e. The fourth-order valence-corrected chi connectivity index (χ4v) is 4.20.